The monoisotopic (exact) mass is 418 g/mol. The highest BCUT2D eigenvalue weighted by Gasteiger charge is 2.18. The van der Waals surface area contributed by atoms with Gasteiger partial charge in [0.15, 0.2) is 5.96 Å². The Kier molecular flexibility index (Phi) is 8.74. The molecule has 2 atom stereocenters. The molecule has 1 aromatic rings. The van der Waals surface area contributed by atoms with E-state index in [1.165, 1.54) is 5.56 Å². The normalized spacial score (nSPS) is 20.9. The predicted octanol–water partition coefficient (Wildman–Crippen LogP) is 1.86. The number of likely N-dealkylation sites (N-methyl/N-ethyl adjacent to an activating group) is 1. The standard InChI is InChI=1S/C16H26N4O.HI/c1-13(14-7-5-4-6-8-14)19-16(17-2)18-11-15-12-20(3)9-10-21-15;/h4-8,13,15H,9-12H2,1-3H3,(H2,17,18,19);1H. The molecule has 1 heterocycles. The maximum absolute atomic E-state index is 5.75. The number of benzene rings is 1. The van der Waals surface area contributed by atoms with Gasteiger partial charge in [-0.05, 0) is 19.5 Å². The van der Waals surface area contributed by atoms with E-state index >= 15 is 0 Å². The fraction of sp³-hybridized carbons (Fsp3) is 0.562. The van der Waals surface area contributed by atoms with Crippen LogP contribution in [0.3, 0.4) is 0 Å². The van der Waals surface area contributed by atoms with Gasteiger partial charge in [-0.3, -0.25) is 4.99 Å². The Labute approximate surface area is 150 Å². The molecule has 2 unspecified atom stereocenters. The van der Waals surface area contributed by atoms with Crippen LogP contribution in [0.1, 0.15) is 18.5 Å². The third-order valence-electron chi connectivity index (χ3n) is 3.72. The molecule has 1 saturated heterocycles. The molecule has 1 fully saturated rings. The number of nitrogens with zero attached hydrogens (tertiary/aromatic N) is 2. The minimum absolute atomic E-state index is 0. The zero-order chi connectivity index (χ0) is 15.1. The summed E-state index contributed by atoms with van der Waals surface area (Å²) in [5.74, 6) is 0.808. The van der Waals surface area contributed by atoms with E-state index < -0.39 is 0 Å². The lowest BCUT2D eigenvalue weighted by Gasteiger charge is -2.30. The third-order valence-corrected chi connectivity index (χ3v) is 3.72. The van der Waals surface area contributed by atoms with Crippen LogP contribution < -0.4 is 10.6 Å². The van der Waals surface area contributed by atoms with Crippen LogP contribution in [-0.2, 0) is 4.74 Å². The van der Waals surface area contributed by atoms with Gasteiger partial charge in [0.2, 0.25) is 0 Å². The van der Waals surface area contributed by atoms with E-state index in [4.69, 9.17) is 4.74 Å². The van der Waals surface area contributed by atoms with Gasteiger partial charge < -0.3 is 20.3 Å². The summed E-state index contributed by atoms with van der Waals surface area (Å²) in [5.41, 5.74) is 1.24. The Morgan fingerprint density at radius 3 is 2.77 bits per heavy atom. The quantitative estimate of drug-likeness (QED) is 0.446. The van der Waals surface area contributed by atoms with Crippen LogP contribution in [0.4, 0.5) is 0 Å². The van der Waals surface area contributed by atoms with Crippen LogP contribution in [-0.4, -0.2) is 57.3 Å². The summed E-state index contributed by atoms with van der Waals surface area (Å²) in [6.45, 7) is 5.67. The molecular formula is C16H27IN4O. The van der Waals surface area contributed by atoms with Crippen molar-refractivity contribution in [3.8, 4) is 0 Å². The minimum atomic E-state index is 0. The van der Waals surface area contributed by atoms with Crippen molar-refractivity contribution in [3.63, 3.8) is 0 Å². The molecule has 0 aromatic heterocycles. The van der Waals surface area contributed by atoms with Gasteiger partial charge in [0.1, 0.15) is 0 Å². The molecule has 2 N–H and O–H groups in total. The molecule has 0 saturated carbocycles. The number of hydrogen-bond donors (Lipinski definition) is 2. The van der Waals surface area contributed by atoms with Gasteiger partial charge in [0.05, 0.1) is 18.8 Å². The van der Waals surface area contributed by atoms with E-state index in [0.717, 1.165) is 32.2 Å². The Morgan fingerprint density at radius 2 is 2.14 bits per heavy atom. The zero-order valence-electron chi connectivity index (χ0n) is 13.6. The Hall–Kier alpha value is -0.860. The van der Waals surface area contributed by atoms with Gasteiger partial charge in [-0.25, -0.2) is 0 Å². The number of rotatable bonds is 4. The lowest BCUT2D eigenvalue weighted by atomic mass is 10.1. The molecule has 0 aliphatic carbocycles. The third kappa shape index (κ3) is 6.10. The number of aliphatic imine (C=N–C) groups is 1. The summed E-state index contributed by atoms with van der Waals surface area (Å²) < 4.78 is 5.75. The number of ether oxygens (including phenoxy) is 1. The summed E-state index contributed by atoms with van der Waals surface area (Å²) in [4.78, 5) is 6.57. The molecule has 0 bridgehead atoms. The predicted molar refractivity (Wildman–Crippen MR) is 102 cm³/mol. The molecule has 0 radical (unpaired) electrons. The topological polar surface area (TPSA) is 48.9 Å². The van der Waals surface area contributed by atoms with Crippen molar-refractivity contribution in [3.05, 3.63) is 35.9 Å². The van der Waals surface area contributed by atoms with Crippen LogP contribution in [0.2, 0.25) is 0 Å². The molecule has 0 spiro atoms. The zero-order valence-corrected chi connectivity index (χ0v) is 15.9. The van der Waals surface area contributed by atoms with E-state index in [2.05, 4.69) is 58.8 Å². The van der Waals surface area contributed by atoms with Crippen LogP contribution >= 0.6 is 24.0 Å². The summed E-state index contributed by atoms with van der Waals surface area (Å²) in [6.07, 6.45) is 0.217. The Bertz CT molecular complexity index is 455. The van der Waals surface area contributed by atoms with E-state index in [9.17, 15) is 0 Å². The lowest BCUT2D eigenvalue weighted by molar-refractivity contribution is -0.0161. The molecule has 124 valence electrons. The van der Waals surface area contributed by atoms with E-state index in [1.807, 2.05) is 6.07 Å². The number of guanidine groups is 1. The molecule has 5 nitrogen and oxygen atoms in total. The van der Waals surface area contributed by atoms with Crippen LogP contribution in [0, 0.1) is 0 Å². The summed E-state index contributed by atoms with van der Waals surface area (Å²) in [7, 11) is 3.92. The first-order valence-corrected chi connectivity index (χ1v) is 7.51. The Morgan fingerprint density at radius 1 is 1.41 bits per heavy atom. The van der Waals surface area contributed by atoms with Crippen molar-refractivity contribution < 1.29 is 4.74 Å². The molecule has 1 aliphatic rings. The average Bonchev–Trinajstić information content (AvgIpc) is 2.52. The number of morpholine rings is 1. The van der Waals surface area contributed by atoms with Crippen molar-refractivity contribution in [1.82, 2.24) is 15.5 Å². The van der Waals surface area contributed by atoms with Crippen molar-refractivity contribution in [1.29, 1.82) is 0 Å². The molecule has 0 amide bonds. The first-order valence-electron chi connectivity index (χ1n) is 7.51. The Balaban J connectivity index is 0.00000242. The van der Waals surface area contributed by atoms with E-state index in [1.54, 1.807) is 7.05 Å². The maximum Gasteiger partial charge on any atom is 0.191 e. The second-order valence-electron chi connectivity index (χ2n) is 5.48. The van der Waals surface area contributed by atoms with Gasteiger partial charge in [-0.15, -0.1) is 24.0 Å². The molecule has 1 aliphatic heterocycles. The second kappa shape index (κ2) is 10.0. The number of nitrogens with one attached hydrogen (secondary N) is 2. The smallest absolute Gasteiger partial charge is 0.191 e. The summed E-state index contributed by atoms with van der Waals surface area (Å²) >= 11 is 0. The van der Waals surface area contributed by atoms with Gasteiger partial charge in [0.25, 0.3) is 0 Å². The molecule has 1 aromatic carbocycles. The number of halogens is 1. The summed E-state index contributed by atoms with van der Waals surface area (Å²) in [6, 6.07) is 10.6. The summed E-state index contributed by atoms with van der Waals surface area (Å²) in [5, 5.41) is 6.75. The fourth-order valence-corrected chi connectivity index (χ4v) is 2.43. The average molecular weight is 418 g/mol. The van der Waals surface area contributed by atoms with E-state index in [-0.39, 0.29) is 36.1 Å². The first kappa shape index (κ1) is 19.2. The highest BCUT2D eigenvalue weighted by molar-refractivity contribution is 14.0. The van der Waals surface area contributed by atoms with Crippen LogP contribution in [0.25, 0.3) is 0 Å². The highest BCUT2D eigenvalue weighted by atomic mass is 127. The van der Waals surface area contributed by atoms with Crippen molar-refractivity contribution in [2.45, 2.75) is 19.1 Å². The van der Waals surface area contributed by atoms with Gasteiger partial charge in [-0.1, -0.05) is 30.3 Å². The SMILES string of the molecule is CN=C(NCC1CN(C)CCO1)NC(C)c1ccccc1.I. The molecule has 6 heteroatoms. The highest BCUT2D eigenvalue weighted by Crippen LogP contribution is 2.10. The van der Waals surface area contributed by atoms with Gasteiger partial charge in [0, 0.05) is 26.7 Å². The van der Waals surface area contributed by atoms with Crippen molar-refractivity contribution >= 4 is 29.9 Å². The van der Waals surface area contributed by atoms with Gasteiger partial charge >= 0.3 is 0 Å². The first-order chi connectivity index (χ1) is 10.2. The van der Waals surface area contributed by atoms with E-state index in [0.29, 0.717) is 0 Å². The van der Waals surface area contributed by atoms with Gasteiger partial charge in [-0.2, -0.15) is 0 Å². The van der Waals surface area contributed by atoms with Crippen LogP contribution in [0.15, 0.2) is 35.3 Å². The molecular weight excluding hydrogens is 391 g/mol. The maximum atomic E-state index is 5.75. The fourth-order valence-electron chi connectivity index (χ4n) is 2.43. The molecule has 22 heavy (non-hydrogen) atoms. The van der Waals surface area contributed by atoms with Crippen molar-refractivity contribution in [2.75, 3.05) is 40.3 Å². The van der Waals surface area contributed by atoms with Crippen molar-refractivity contribution in [2.24, 2.45) is 4.99 Å². The number of hydrogen-bond acceptors (Lipinski definition) is 3. The minimum Gasteiger partial charge on any atom is -0.374 e. The second-order valence-corrected chi connectivity index (χ2v) is 5.48. The lowest BCUT2D eigenvalue weighted by Crippen LogP contribution is -2.48. The molecule has 2 rings (SSSR count). The van der Waals surface area contributed by atoms with Crippen LogP contribution in [0.5, 0.6) is 0 Å². The largest absolute Gasteiger partial charge is 0.374 e.